The van der Waals surface area contributed by atoms with E-state index in [9.17, 15) is 13.4 Å². The van der Waals surface area contributed by atoms with Gasteiger partial charge in [0.15, 0.2) is 0 Å². The molecule has 19 heavy (non-hydrogen) atoms. The summed E-state index contributed by atoms with van der Waals surface area (Å²) in [5, 5.41) is 14.0. The van der Waals surface area contributed by atoms with Gasteiger partial charge in [0, 0.05) is 18.5 Å². The Bertz CT molecular complexity index is 480. The summed E-state index contributed by atoms with van der Waals surface area (Å²) in [6.07, 6.45) is 1.33. The smallest absolute Gasteiger partial charge is 0.319 e. The minimum absolute atomic E-state index is 0.0973. The lowest BCUT2D eigenvalue weighted by atomic mass is 10.3. The normalized spacial score (nSPS) is 13.7. The third-order valence-corrected chi connectivity index (χ3v) is 3.30. The number of anilines is 1. The second-order valence-corrected chi connectivity index (χ2v) is 5.47. The Kier molecular flexibility index (Phi) is 5.91. The summed E-state index contributed by atoms with van der Waals surface area (Å²) in [5.74, 6) is -0.623. The molecule has 0 aliphatic heterocycles. The van der Waals surface area contributed by atoms with Crippen molar-refractivity contribution in [2.45, 2.75) is 24.3 Å². The van der Waals surface area contributed by atoms with Crippen LogP contribution in [0.15, 0.2) is 23.1 Å². The van der Waals surface area contributed by atoms with E-state index in [-0.39, 0.29) is 10.6 Å². The van der Waals surface area contributed by atoms with E-state index < -0.39 is 28.8 Å². The van der Waals surface area contributed by atoms with E-state index in [0.29, 0.717) is 13.0 Å². The maximum Gasteiger partial charge on any atom is 0.319 e. The molecule has 0 aliphatic carbocycles. The van der Waals surface area contributed by atoms with Crippen LogP contribution in [0.4, 0.5) is 14.9 Å². The van der Waals surface area contributed by atoms with Gasteiger partial charge in [-0.15, -0.1) is 0 Å². The summed E-state index contributed by atoms with van der Waals surface area (Å²) >= 11 is 0. The van der Waals surface area contributed by atoms with E-state index in [4.69, 9.17) is 5.11 Å². The van der Waals surface area contributed by atoms with Crippen LogP contribution >= 0.6 is 0 Å². The Morgan fingerprint density at radius 1 is 1.53 bits per heavy atom. The highest BCUT2D eigenvalue weighted by Gasteiger charge is 2.08. The lowest BCUT2D eigenvalue weighted by Gasteiger charge is -2.09. The number of carbonyl (C=O) groups is 1. The number of rotatable bonds is 5. The highest BCUT2D eigenvalue weighted by molar-refractivity contribution is 7.84. The Balaban J connectivity index is 2.55. The van der Waals surface area contributed by atoms with Gasteiger partial charge < -0.3 is 15.7 Å². The van der Waals surface area contributed by atoms with Gasteiger partial charge in [0.1, 0.15) is 5.82 Å². The van der Waals surface area contributed by atoms with Crippen molar-refractivity contribution in [3.05, 3.63) is 24.0 Å². The van der Waals surface area contributed by atoms with Crippen LogP contribution in [-0.4, -0.2) is 34.3 Å². The van der Waals surface area contributed by atoms with E-state index in [0.717, 1.165) is 6.07 Å². The van der Waals surface area contributed by atoms with Gasteiger partial charge in [-0.2, -0.15) is 0 Å². The zero-order valence-corrected chi connectivity index (χ0v) is 11.6. The largest absolute Gasteiger partial charge is 0.393 e. The minimum Gasteiger partial charge on any atom is -0.393 e. The van der Waals surface area contributed by atoms with E-state index in [1.54, 1.807) is 6.92 Å². The molecule has 0 spiro atoms. The molecule has 2 atom stereocenters. The SMILES string of the molecule is CC(O)CCNC(=O)Nc1ccc(S(C)=O)c(F)c1. The molecule has 3 N–H and O–H groups in total. The number of hydrogen-bond donors (Lipinski definition) is 3. The number of urea groups is 1. The number of nitrogens with one attached hydrogen (secondary N) is 2. The number of hydrogen-bond acceptors (Lipinski definition) is 3. The maximum atomic E-state index is 13.5. The predicted molar refractivity (Wildman–Crippen MR) is 72.1 cm³/mol. The van der Waals surface area contributed by atoms with Crippen LogP contribution in [0.5, 0.6) is 0 Å². The summed E-state index contributed by atoms with van der Waals surface area (Å²) in [6, 6.07) is 3.49. The third kappa shape index (κ3) is 5.35. The van der Waals surface area contributed by atoms with E-state index in [1.807, 2.05) is 0 Å². The van der Waals surface area contributed by atoms with Gasteiger partial charge in [-0.05, 0) is 31.5 Å². The van der Waals surface area contributed by atoms with Crippen molar-refractivity contribution in [1.82, 2.24) is 5.32 Å². The van der Waals surface area contributed by atoms with Gasteiger partial charge in [0.2, 0.25) is 0 Å². The van der Waals surface area contributed by atoms with Crippen molar-refractivity contribution in [1.29, 1.82) is 0 Å². The monoisotopic (exact) mass is 288 g/mol. The van der Waals surface area contributed by atoms with Crippen LogP contribution in [0.3, 0.4) is 0 Å². The lowest BCUT2D eigenvalue weighted by molar-refractivity contribution is 0.184. The van der Waals surface area contributed by atoms with Crippen LogP contribution < -0.4 is 10.6 Å². The zero-order chi connectivity index (χ0) is 14.4. The molecule has 0 radical (unpaired) electrons. The van der Waals surface area contributed by atoms with Crippen molar-refractivity contribution in [3.63, 3.8) is 0 Å². The van der Waals surface area contributed by atoms with Crippen molar-refractivity contribution < 1.29 is 18.5 Å². The molecule has 0 heterocycles. The average molecular weight is 288 g/mol. The summed E-state index contributed by atoms with van der Waals surface area (Å²) in [5.41, 5.74) is 0.279. The first-order valence-electron chi connectivity index (χ1n) is 5.76. The number of aliphatic hydroxyl groups is 1. The molecule has 0 bridgehead atoms. The molecule has 0 aliphatic rings. The summed E-state index contributed by atoms with van der Waals surface area (Å²) in [4.78, 5) is 11.5. The summed E-state index contributed by atoms with van der Waals surface area (Å²) < 4.78 is 24.7. The molecule has 106 valence electrons. The average Bonchev–Trinajstić information content (AvgIpc) is 2.27. The fourth-order valence-electron chi connectivity index (χ4n) is 1.38. The standard InChI is InChI=1S/C12H17FN2O3S/c1-8(16)5-6-14-12(17)15-9-3-4-11(19(2)18)10(13)7-9/h3-4,7-8,16H,5-6H2,1-2H3,(H2,14,15,17). The first kappa shape index (κ1) is 15.6. The molecule has 0 saturated carbocycles. The lowest BCUT2D eigenvalue weighted by Crippen LogP contribution is -2.30. The van der Waals surface area contributed by atoms with Crippen LogP contribution in [0.1, 0.15) is 13.3 Å². The molecule has 0 aromatic heterocycles. The topological polar surface area (TPSA) is 78.4 Å². The van der Waals surface area contributed by atoms with Crippen molar-refractivity contribution in [3.8, 4) is 0 Å². The van der Waals surface area contributed by atoms with Gasteiger partial charge in [-0.3, -0.25) is 4.21 Å². The molecule has 2 amide bonds. The fourth-order valence-corrected chi connectivity index (χ4v) is 1.97. The molecular weight excluding hydrogens is 271 g/mol. The number of benzene rings is 1. The molecule has 2 unspecified atom stereocenters. The molecule has 7 heteroatoms. The second kappa shape index (κ2) is 7.20. The number of aliphatic hydroxyl groups excluding tert-OH is 1. The Morgan fingerprint density at radius 2 is 2.21 bits per heavy atom. The molecule has 0 fully saturated rings. The molecule has 1 aromatic rings. The van der Waals surface area contributed by atoms with Crippen LogP contribution in [0, 0.1) is 5.82 Å². The molecule has 1 rings (SSSR count). The van der Waals surface area contributed by atoms with E-state index in [2.05, 4.69) is 10.6 Å². The first-order valence-corrected chi connectivity index (χ1v) is 7.32. The molecule has 0 saturated heterocycles. The molecule has 5 nitrogen and oxygen atoms in total. The van der Waals surface area contributed by atoms with Gasteiger partial charge >= 0.3 is 6.03 Å². The quantitative estimate of drug-likeness (QED) is 0.767. The fraction of sp³-hybridized carbons (Fsp3) is 0.417. The van der Waals surface area contributed by atoms with Crippen LogP contribution in [0.25, 0.3) is 0 Å². The Labute approximate surface area is 113 Å². The van der Waals surface area contributed by atoms with Crippen molar-refractivity contribution in [2.75, 3.05) is 18.1 Å². The minimum atomic E-state index is -1.40. The Hall–Kier alpha value is -1.47. The Morgan fingerprint density at radius 3 is 2.74 bits per heavy atom. The highest BCUT2D eigenvalue weighted by Crippen LogP contribution is 2.16. The number of amides is 2. The number of carbonyl (C=O) groups excluding carboxylic acids is 1. The van der Waals surface area contributed by atoms with E-state index in [1.165, 1.54) is 18.4 Å². The molecule has 1 aromatic carbocycles. The van der Waals surface area contributed by atoms with Gasteiger partial charge in [-0.1, -0.05) is 0 Å². The van der Waals surface area contributed by atoms with Crippen LogP contribution in [0.2, 0.25) is 0 Å². The number of halogens is 1. The maximum absolute atomic E-state index is 13.5. The predicted octanol–water partition coefficient (Wildman–Crippen LogP) is 1.46. The third-order valence-electron chi connectivity index (χ3n) is 2.35. The highest BCUT2D eigenvalue weighted by atomic mass is 32.2. The second-order valence-electron chi connectivity index (χ2n) is 4.12. The summed E-state index contributed by atoms with van der Waals surface area (Å²) in [6.45, 7) is 1.95. The van der Waals surface area contributed by atoms with Gasteiger partial charge in [0.25, 0.3) is 0 Å². The van der Waals surface area contributed by atoms with Gasteiger partial charge in [0.05, 0.1) is 21.8 Å². The summed E-state index contributed by atoms with van der Waals surface area (Å²) in [7, 11) is -1.40. The van der Waals surface area contributed by atoms with Crippen molar-refractivity contribution in [2.24, 2.45) is 0 Å². The van der Waals surface area contributed by atoms with Crippen LogP contribution in [-0.2, 0) is 10.8 Å². The van der Waals surface area contributed by atoms with Crippen molar-refractivity contribution >= 4 is 22.5 Å². The first-order chi connectivity index (χ1) is 8.90. The van der Waals surface area contributed by atoms with E-state index >= 15 is 0 Å². The van der Waals surface area contributed by atoms with Gasteiger partial charge in [-0.25, -0.2) is 9.18 Å². The zero-order valence-electron chi connectivity index (χ0n) is 10.8. The molecular formula is C12H17FN2O3S.